The Hall–Kier alpha value is -0.540. The van der Waals surface area contributed by atoms with Crippen LogP contribution in [0.2, 0.25) is 0 Å². The van der Waals surface area contributed by atoms with Crippen LogP contribution in [0.25, 0.3) is 0 Å². The zero-order chi connectivity index (χ0) is 9.68. The molecule has 0 aliphatic carbocycles. The predicted molar refractivity (Wildman–Crippen MR) is 55.3 cm³/mol. The number of thioether (sulfide) groups is 1. The molecule has 13 heavy (non-hydrogen) atoms. The molecule has 0 amide bonds. The Kier molecular flexibility index (Phi) is 4.25. The van der Waals surface area contributed by atoms with Gasteiger partial charge in [-0.25, -0.2) is 4.39 Å². The highest BCUT2D eigenvalue weighted by Gasteiger charge is 2.00. The third-order valence-electron chi connectivity index (χ3n) is 1.75. The zero-order valence-corrected chi connectivity index (χ0v) is 8.48. The van der Waals surface area contributed by atoms with Crippen molar-refractivity contribution in [2.45, 2.75) is 11.8 Å². The number of rotatable bonds is 4. The minimum Gasteiger partial charge on any atom is -0.330 e. The van der Waals surface area contributed by atoms with Gasteiger partial charge in [0.25, 0.3) is 0 Å². The fourth-order valence-electron chi connectivity index (χ4n) is 0.837. The molecule has 0 saturated heterocycles. The van der Waals surface area contributed by atoms with E-state index in [1.165, 1.54) is 12.1 Å². The van der Waals surface area contributed by atoms with Gasteiger partial charge in [-0.2, -0.15) is 0 Å². The van der Waals surface area contributed by atoms with Gasteiger partial charge in [-0.05, 0) is 36.7 Å². The second kappa shape index (κ2) is 5.25. The van der Waals surface area contributed by atoms with Crippen molar-refractivity contribution in [2.75, 3.05) is 12.3 Å². The number of hydrogen-bond acceptors (Lipinski definition) is 2. The molecule has 1 unspecified atom stereocenters. The normalized spacial score (nSPS) is 12.8. The molecule has 1 rings (SSSR count). The maximum atomic E-state index is 12.5. The van der Waals surface area contributed by atoms with Crippen LogP contribution < -0.4 is 5.73 Å². The summed E-state index contributed by atoms with van der Waals surface area (Å²) in [5.41, 5.74) is 5.49. The molecule has 0 spiro atoms. The van der Waals surface area contributed by atoms with E-state index in [0.717, 1.165) is 10.6 Å². The number of benzene rings is 1. The van der Waals surface area contributed by atoms with Crippen molar-refractivity contribution in [2.24, 2.45) is 11.7 Å². The third kappa shape index (κ3) is 3.79. The Morgan fingerprint density at radius 2 is 2.00 bits per heavy atom. The molecule has 2 N–H and O–H groups in total. The van der Waals surface area contributed by atoms with Crippen molar-refractivity contribution < 1.29 is 4.39 Å². The molecule has 1 aromatic carbocycles. The summed E-state index contributed by atoms with van der Waals surface area (Å²) in [4.78, 5) is 1.10. The third-order valence-corrected chi connectivity index (χ3v) is 3.09. The van der Waals surface area contributed by atoms with Crippen LogP contribution >= 0.6 is 11.8 Å². The van der Waals surface area contributed by atoms with Gasteiger partial charge in [0.2, 0.25) is 0 Å². The van der Waals surface area contributed by atoms with Crippen molar-refractivity contribution in [1.29, 1.82) is 0 Å². The lowest BCUT2D eigenvalue weighted by atomic mass is 10.2. The van der Waals surface area contributed by atoms with Crippen LogP contribution in [0.5, 0.6) is 0 Å². The number of halogens is 1. The monoisotopic (exact) mass is 199 g/mol. The molecule has 0 heterocycles. The summed E-state index contributed by atoms with van der Waals surface area (Å²) in [7, 11) is 0. The highest BCUT2D eigenvalue weighted by atomic mass is 32.2. The average Bonchev–Trinajstić information content (AvgIpc) is 2.16. The van der Waals surface area contributed by atoms with E-state index in [-0.39, 0.29) is 5.82 Å². The van der Waals surface area contributed by atoms with Gasteiger partial charge in [-0.3, -0.25) is 0 Å². The molecule has 1 aromatic rings. The fourth-order valence-corrected chi connectivity index (χ4v) is 1.78. The SMILES string of the molecule is CC(CN)CSc1ccc(F)cc1. The molecule has 0 aliphatic heterocycles. The van der Waals surface area contributed by atoms with E-state index in [2.05, 4.69) is 6.92 Å². The molecular formula is C10H14FNS. The Morgan fingerprint density at radius 3 is 2.54 bits per heavy atom. The van der Waals surface area contributed by atoms with Crippen molar-refractivity contribution >= 4 is 11.8 Å². The number of hydrogen-bond donors (Lipinski definition) is 1. The summed E-state index contributed by atoms with van der Waals surface area (Å²) in [6.07, 6.45) is 0. The van der Waals surface area contributed by atoms with Crippen LogP contribution in [0, 0.1) is 11.7 Å². The molecular weight excluding hydrogens is 185 g/mol. The molecule has 0 bridgehead atoms. The lowest BCUT2D eigenvalue weighted by molar-refractivity contribution is 0.626. The van der Waals surface area contributed by atoms with Crippen molar-refractivity contribution in [1.82, 2.24) is 0 Å². The molecule has 1 atom stereocenters. The summed E-state index contributed by atoms with van der Waals surface area (Å²) in [6, 6.07) is 6.55. The van der Waals surface area contributed by atoms with E-state index in [1.54, 1.807) is 23.9 Å². The Morgan fingerprint density at radius 1 is 1.38 bits per heavy atom. The lowest BCUT2D eigenvalue weighted by Crippen LogP contribution is -2.12. The topological polar surface area (TPSA) is 26.0 Å². The van der Waals surface area contributed by atoms with E-state index < -0.39 is 0 Å². The molecule has 0 aliphatic rings. The summed E-state index contributed by atoms with van der Waals surface area (Å²) in [5.74, 6) is 1.31. The second-order valence-electron chi connectivity index (χ2n) is 3.11. The average molecular weight is 199 g/mol. The van der Waals surface area contributed by atoms with Crippen LogP contribution in [0.15, 0.2) is 29.2 Å². The van der Waals surface area contributed by atoms with Crippen molar-refractivity contribution in [3.05, 3.63) is 30.1 Å². The van der Waals surface area contributed by atoms with E-state index in [1.807, 2.05) is 0 Å². The zero-order valence-electron chi connectivity index (χ0n) is 7.66. The molecule has 72 valence electrons. The van der Waals surface area contributed by atoms with Gasteiger partial charge >= 0.3 is 0 Å². The molecule has 0 saturated carbocycles. The first-order valence-corrected chi connectivity index (χ1v) is 5.29. The molecule has 0 aromatic heterocycles. The van der Waals surface area contributed by atoms with E-state index in [0.29, 0.717) is 12.5 Å². The number of nitrogens with two attached hydrogens (primary N) is 1. The van der Waals surface area contributed by atoms with Gasteiger partial charge in [-0.15, -0.1) is 11.8 Å². The van der Waals surface area contributed by atoms with Crippen molar-refractivity contribution in [3.63, 3.8) is 0 Å². The first-order chi connectivity index (χ1) is 6.22. The second-order valence-corrected chi connectivity index (χ2v) is 4.20. The van der Waals surface area contributed by atoms with E-state index in [9.17, 15) is 4.39 Å². The van der Waals surface area contributed by atoms with Gasteiger partial charge in [0, 0.05) is 10.6 Å². The van der Waals surface area contributed by atoms with Crippen LogP contribution in [-0.4, -0.2) is 12.3 Å². The van der Waals surface area contributed by atoms with Gasteiger partial charge in [-0.1, -0.05) is 6.92 Å². The van der Waals surface area contributed by atoms with Gasteiger partial charge < -0.3 is 5.73 Å². The van der Waals surface area contributed by atoms with Gasteiger partial charge in [0.15, 0.2) is 0 Å². The first kappa shape index (κ1) is 10.5. The maximum absolute atomic E-state index is 12.5. The molecule has 1 nitrogen and oxygen atoms in total. The molecule has 0 radical (unpaired) electrons. The summed E-state index contributed by atoms with van der Waals surface area (Å²) in [5, 5.41) is 0. The minimum atomic E-state index is -0.184. The minimum absolute atomic E-state index is 0.184. The van der Waals surface area contributed by atoms with Crippen molar-refractivity contribution in [3.8, 4) is 0 Å². The Balaban J connectivity index is 2.41. The summed E-state index contributed by atoms with van der Waals surface area (Å²) in [6.45, 7) is 2.81. The van der Waals surface area contributed by atoms with E-state index >= 15 is 0 Å². The predicted octanol–water partition coefficient (Wildman–Crippen LogP) is 2.51. The van der Waals surface area contributed by atoms with Gasteiger partial charge in [0.1, 0.15) is 5.82 Å². The van der Waals surface area contributed by atoms with Crippen LogP contribution in [-0.2, 0) is 0 Å². The molecule has 0 fully saturated rings. The first-order valence-electron chi connectivity index (χ1n) is 4.31. The maximum Gasteiger partial charge on any atom is 0.123 e. The summed E-state index contributed by atoms with van der Waals surface area (Å²) < 4.78 is 12.5. The molecule has 3 heteroatoms. The lowest BCUT2D eigenvalue weighted by Gasteiger charge is -2.06. The Labute approximate surface area is 82.5 Å². The highest BCUT2D eigenvalue weighted by Crippen LogP contribution is 2.20. The largest absolute Gasteiger partial charge is 0.330 e. The summed E-state index contributed by atoms with van der Waals surface area (Å²) >= 11 is 1.72. The Bertz CT molecular complexity index is 248. The fraction of sp³-hybridized carbons (Fsp3) is 0.400. The standard InChI is InChI=1S/C10H14FNS/c1-8(6-12)7-13-10-4-2-9(11)3-5-10/h2-5,8H,6-7,12H2,1H3. The van der Waals surface area contributed by atoms with E-state index in [4.69, 9.17) is 5.73 Å². The van der Waals surface area contributed by atoms with Crippen LogP contribution in [0.4, 0.5) is 4.39 Å². The quantitative estimate of drug-likeness (QED) is 0.754. The van der Waals surface area contributed by atoms with Crippen LogP contribution in [0.3, 0.4) is 0 Å². The highest BCUT2D eigenvalue weighted by molar-refractivity contribution is 7.99. The van der Waals surface area contributed by atoms with Gasteiger partial charge in [0.05, 0.1) is 0 Å². The smallest absolute Gasteiger partial charge is 0.123 e. The van der Waals surface area contributed by atoms with Crippen LogP contribution in [0.1, 0.15) is 6.92 Å².